The number of nitrogens with one attached hydrogen (secondary N) is 1. The normalized spacial score (nSPS) is 11.8. The van der Waals surface area contributed by atoms with Gasteiger partial charge >= 0.3 is 6.09 Å². The second-order valence-electron chi connectivity index (χ2n) is 5.22. The molecule has 1 aromatic carbocycles. The zero-order valence-electron chi connectivity index (χ0n) is 13.3. The lowest BCUT2D eigenvalue weighted by Crippen LogP contribution is -2.39. The van der Waals surface area contributed by atoms with Crippen LogP contribution in [0.4, 0.5) is 4.79 Å². The Hall–Kier alpha value is -2.17. The van der Waals surface area contributed by atoms with Gasteiger partial charge in [-0.25, -0.2) is 4.79 Å². The molecule has 1 atom stereocenters. The van der Waals surface area contributed by atoms with E-state index in [-0.39, 0.29) is 11.6 Å². The standard InChI is InChI=1S/C17H23NO4/c1-4-5-11-22-17(21)18-16(14-9-7-6-8-10-14)15(12(2)19)13(3)20/h6-10,15-16H,4-5,11H2,1-3H3,(H,18,21). The number of hydrogen-bond donors (Lipinski definition) is 1. The van der Waals surface area contributed by atoms with Crippen molar-refractivity contribution >= 4 is 17.7 Å². The van der Waals surface area contributed by atoms with Gasteiger partial charge in [-0.05, 0) is 25.8 Å². The number of amides is 1. The van der Waals surface area contributed by atoms with Gasteiger partial charge < -0.3 is 10.1 Å². The van der Waals surface area contributed by atoms with E-state index in [9.17, 15) is 14.4 Å². The Labute approximate surface area is 131 Å². The topological polar surface area (TPSA) is 72.5 Å². The van der Waals surface area contributed by atoms with Crippen LogP contribution in [-0.2, 0) is 14.3 Å². The van der Waals surface area contributed by atoms with Gasteiger partial charge in [0.2, 0.25) is 0 Å². The smallest absolute Gasteiger partial charge is 0.407 e. The third kappa shape index (κ3) is 5.31. The number of benzene rings is 1. The van der Waals surface area contributed by atoms with Gasteiger partial charge in [-0.1, -0.05) is 43.7 Å². The van der Waals surface area contributed by atoms with Gasteiger partial charge in [0.1, 0.15) is 17.5 Å². The molecule has 0 aliphatic rings. The predicted molar refractivity (Wildman–Crippen MR) is 83.4 cm³/mol. The van der Waals surface area contributed by atoms with Crippen LogP contribution in [0.15, 0.2) is 30.3 Å². The Balaban J connectivity index is 2.94. The highest BCUT2D eigenvalue weighted by Crippen LogP contribution is 2.24. The first-order valence-electron chi connectivity index (χ1n) is 7.46. The summed E-state index contributed by atoms with van der Waals surface area (Å²) in [6.07, 6.45) is 1.07. The van der Waals surface area contributed by atoms with Crippen LogP contribution < -0.4 is 5.32 Å². The van der Waals surface area contributed by atoms with Crippen LogP contribution in [0.1, 0.15) is 45.2 Å². The molecule has 0 saturated heterocycles. The molecule has 5 nitrogen and oxygen atoms in total. The van der Waals surface area contributed by atoms with Crippen molar-refractivity contribution in [2.24, 2.45) is 5.92 Å². The van der Waals surface area contributed by atoms with Crippen molar-refractivity contribution in [1.82, 2.24) is 5.32 Å². The fourth-order valence-electron chi connectivity index (χ4n) is 2.25. The van der Waals surface area contributed by atoms with E-state index in [1.165, 1.54) is 13.8 Å². The van der Waals surface area contributed by atoms with Crippen molar-refractivity contribution in [3.05, 3.63) is 35.9 Å². The number of ether oxygens (including phenoxy) is 1. The summed E-state index contributed by atoms with van der Waals surface area (Å²) in [5.74, 6) is -1.48. The molecule has 5 heteroatoms. The van der Waals surface area contributed by atoms with Crippen molar-refractivity contribution in [1.29, 1.82) is 0 Å². The number of Topliss-reactive ketones (excluding diaryl/α,β-unsaturated/α-hetero) is 2. The maximum Gasteiger partial charge on any atom is 0.407 e. The summed E-state index contributed by atoms with van der Waals surface area (Å²) in [5.41, 5.74) is 0.699. The van der Waals surface area contributed by atoms with Gasteiger partial charge in [0.15, 0.2) is 0 Å². The molecule has 0 fully saturated rings. The summed E-state index contributed by atoms with van der Waals surface area (Å²) in [6, 6.07) is 8.25. The molecule has 120 valence electrons. The van der Waals surface area contributed by atoms with Crippen LogP contribution in [0, 0.1) is 5.92 Å². The third-order valence-corrected chi connectivity index (χ3v) is 3.37. The van der Waals surface area contributed by atoms with Crippen LogP contribution in [0.3, 0.4) is 0 Å². The first-order valence-corrected chi connectivity index (χ1v) is 7.46. The van der Waals surface area contributed by atoms with Crippen LogP contribution in [0.25, 0.3) is 0 Å². The molecule has 0 radical (unpaired) electrons. The molecule has 1 unspecified atom stereocenters. The minimum absolute atomic E-state index is 0.282. The second-order valence-corrected chi connectivity index (χ2v) is 5.22. The molecule has 0 saturated carbocycles. The van der Waals surface area contributed by atoms with E-state index in [0.29, 0.717) is 12.2 Å². The summed E-state index contributed by atoms with van der Waals surface area (Å²) in [6.45, 7) is 5.02. The molecule has 1 aromatic rings. The lowest BCUT2D eigenvalue weighted by Gasteiger charge is -2.24. The molecule has 0 spiro atoms. The fourth-order valence-corrected chi connectivity index (χ4v) is 2.25. The van der Waals surface area contributed by atoms with E-state index in [0.717, 1.165) is 12.8 Å². The number of alkyl carbamates (subject to hydrolysis) is 1. The molecule has 1 N–H and O–H groups in total. The lowest BCUT2D eigenvalue weighted by atomic mass is 9.87. The molecular formula is C17H23NO4. The Kier molecular flexibility index (Phi) is 7.29. The maximum atomic E-state index is 11.9. The van der Waals surface area contributed by atoms with Crippen LogP contribution in [-0.4, -0.2) is 24.3 Å². The van der Waals surface area contributed by atoms with Crippen molar-refractivity contribution in [3.8, 4) is 0 Å². The van der Waals surface area contributed by atoms with E-state index in [1.807, 2.05) is 13.0 Å². The number of hydrogen-bond acceptors (Lipinski definition) is 4. The Morgan fingerprint density at radius 2 is 1.68 bits per heavy atom. The van der Waals surface area contributed by atoms with Gasteiger partial charge in [-0.3, -0.25) is 9.59 Å². The number of carbonyl (C=O) groups is 3. The zero-order valence-corrected chi connectivity index (χ0v) is 13.3. The zero-order chi connectivity index (χ0) is 16.5. The van der Waals surface area contributed by atoms with Crippen molar-refractivity contribution in [2.45, 2.75) is 39.7 Å². The summed E-state index contributed by atoms with van der Waals surface area (Å²) in [5, 5.41) is 2.65. The maximum absolute atomic E-state index is 11.9. The minimum atomic E-state index is -0.916. The molecule has 0 bridgehead atoms. The number of ketones is 2. The molecule has 22 heavy (non-hydrogen) atoms. The average molecular weight is 305 g/mol. The van der Waals surface area contributed by atoms with E-state index in [2.05, 4.69) is 5.32 Å². The molecular weight excluding hydrogens is 282 g/mol. The van der Waals surface area contributed by atoms with Gasteiger partial charge in [0.05, 0.1) is 12.6 Å². The molecule has 0 aliphatic carbocycles. The van der Waals surface area contributed by atoms with Gasteiger partial charge in [0.25, 0.3) is 0 Å². The third-order valence-electron chi connectivity index (χ3n) is 3.37. The predicted octanol–water partition coefficient (Wildman–Crippen LogP) is 3.05. The summed E-state index contributed by atoms with van der Waals surface area (Å²) >= 11 is 0. The second kappa shape index (κ2) is 8.97. The van der Waals surface area contributed by atoms with Crippen LogP contribution in [0.2, 0.25) is 0 Å². The molecule has 0 heterocycles. The number of carbonyl (C=O) groups excluding carboxylic acids is 3. The van der Waals surface area contributed by atoms with E-state index < -0.39 is 18.1 Å². The Morgan fingerprint density at radius 3 is 2.18 bits per heavy atom. The number of rotatable bonds is 8. The number of unbranched alkanes of at least 4 members (excludes halogenated alkanes) is 1. The largest absolute Gasteiger partial charge is 0.450 e. The van der Waals surface area contributed by atoms with E-state index >= 15 is 0 Å². The highest BCUT2D eigenvalue weighted by molar-refractivity contribution is 6.01. The quantitative estimate of drug-likeness (QED) is 0.592. The minimum Gasteiger partial charge on any atom is -0.450 e. The highest BCUT2D eigenvalue weighted by atomic mass is 16.5. The summed E-state index contributed by atoms with van der Waals surface area (Å²) in [4.78, 5) is 35.6. The first-order chi connectivity index (χ1) is 10.5. The van der Waals surface area contributed by atoms with Crippen molar-refractivity contribution in [2.75, 3.05) is 6.61 Å². The molecule has 0 aliphatic heterocycles. The molecule has 1 amide bonds. The lowest BCUT2D eigenvalue weighted by molar-refractivity contribution is -0.131. The Morgan fingerprint density at radius 1 is 1.09 bits per heavy atom. The fraction of sp³-hybridized carbons (Fsp3) is 0.471. The molecule has 0 aromatic heterocycles. The first kappa shape index (κ1) is 17.9. The Bertz CT molecular complexity index is 499. The van der Waals surface area contributed by atoms with E-state index in [4.69, 9.17) is 4.74 Å². The highest BCUT2D eigenvalue weighted by Gasteiger charge is 2.32. The van der Waals surface area contributed by atoms with Crippen LogP contribution >= 0.6 is 0 Å². The monoisotopic (exact) mass is 305 g/mol. The summed E-state index contributed by atoms with van der Waals surface area (Å²) in [7, 11) is 0. The van der Waals surface area contributed by atoms with Gasteiger partial charge in [0, 0.05) is 0 Å². The van der Waals surface area contributed by atoms with Crippen LogP contribution in [0.5, 0.6) is 0 Å². The average Bonchev–Trinajstić information content (AvgIpc) is 2.47. The summed E-state index contributed by atoms with van der Waals surface area (Å²) < 4.78 is 5.07. The molecule has 1 rings (SSSR count). The SMILES string of the molecule is CCCCOC(=O)NC(c1ccccc1)C(C(C)=O)C(C)=O. The van der Waals surface area contributed by atoms with Gasteiger partial charge in [-0.2, -0.15) is 0 Å². The van der Waals surface area contributed by atoms with Crippen molar-refractivity contribution in [3.63, 3.8) is 0 Å². The van der Waals surface area contributed by atoms with Gasteiger partial charge in [-0.15, -0.1) is 0 Å². The van der Waals surface area contributed by atoms with E-state index in [1.54, 1.807) is 24.3 Å². The van der Waals surface area contributed by atoms with Crippen molar-refractivity contribution < 1.29 is 19.1 Å².